The van der Waals surface area contributed by atoms with E-state index in [-0.39, 0.29) is 11.9 Å². The number of rotatable bonds is 4. The number of hydrogen-bond donors (Lipinski definition) is 3. The van der Waals surface area contributed by atoms with E-state index in [1.807, 2.05) is 23.1 Å². The van der Waals surface area contributed by atoms with Crippen LogP contribution >= 0.6 is 0 Å². The van der Waals surface area contributed by atoms with Crippen molar-refractivity contribution in [2.24, 2.45) is 0 Å². The summed E-state index contributed by atoms with van der Waals surface area (Å²) >= 11 is 0. The molecule has 2 aliphatic heterocycles. The predicted octanol–water partition coefficient (Wildman–Crippen LogP) is -0.175. The van der Waals surface area contributed by atoms with Crippen LogP contribution in [-0.4, -0.2) is 61.0 Å². The first kappa shape index (κ1) is 15.2. The fourth-order valence-corrected chi connectivity index (χ4v) is 2.76. The molecule has 0 radical (unpaired) electrons. The lowest BCUT2D eigenvalue weighted by Gasteiger charge is -2.35. The number of piperazine rings is 1. The molecule has 1 amide bonds. The topological polar surface area (TPSA) is 59.6 Å². The van der Waals surface area contributed by atoms with Crippen LogP contribution < -0.4 is 16.4 Å². The van der Waals surface area contributed by atoms with Crippen molar-refractivity contribution >= 4 is 12.0 Å². The van der Waals surface area contributed by atoms with Crippen LogP contribution in [0.3, 0.4) is 0 Å². The monoisotopic (exact) mass is 301 g/mol. The maximum absolute atomic E-state index is 12.3. The van der Waals surface area contributed by atoms with Gasteiger partial charge in [0.05, 0.1) is 0 Å². The lowest BCUT2D eigenvalue weighted by atomic mass is 10.2. The molecule has 2 aliphatic rings. The van der Waals surface area contributed by atoms with E-state index in [9.17, 15) is 4.79 Å². The van der Waals surface area contributed by atoms with Gasteiger partial charge in [-0.1, -0.05) is 42.5 Å². The minimum Gasteiger partial charge on any atom is -0.339 e. The Morgan fingerprint density at radius 3 is 2.64 bits per heavy atom. The van der Waals surface area contributed by atoms with Crippen molar-refractivity contribution in [1.82, 2.24) is 26.2 Å². The van der Waals surface area contributed by atoms with E-state index >= 15 is 0 Å². The van der Waals surface area contributed by atoms with Crippen molar-refractivity contribution in [3.8, 4) is 0 Å². The molecule has 0 bridgehead atoms. The van der Waals surface area contributed by atoms with Gasteiger partial charge >= 0.3 is 0 Å². The summed E-state index contributed by atoms with van der Waals surface area (Å²) in [6.07, 6.45) is 4.34. The van der Waals surface area contributed by atoms with Crippen LogP contribution in [0.5, 0.6) is 0 Å². The van der Waals surface area contributed by atoms with Gasteiger partial charge in [-0.05, 0) is 5.56 Å². The highest BCUT2D eigenvalue weighted by Crippen LogP contribution is 2.06. The van der Waals surface area contributed by atoms with Crippen molar-refractivity contribution in [3.63, 3.8) is 0 Å². The summed E-state index contributed by atoms with van der Waals surface area (Å²) < 4.78 is 0. The average molecular weight is 301 g/mol. The summed E-state index contributed by atoms with van der Waals surface area (Å²) in [5.74, 6) is 0.178. The number of carbonyl (C=O) groups excluding carboxylic acids is 1. The van der Waals surface area contributed by atoms with Crippen molar-refractivity contribution in [2.75, 3.05) is 39.3 Å². The van der Waals surface area contributed by atoms with Gasteiger partial charge in [0, 0.05) is 39.3 Å². The normalized spacial score (nSPS) is 23.3. The highest BCUT2D eigenvalue weighted by Gasteiger charge is 2.28. The SMILES string of the molecule is O=C(C1CNNN1)N1CCN(C/C=C/c2ccccc2)CC1. The van der Waals surface area contributed by atoms with Crippen LogP contribution in [0.25, 0.3) is 6.08 Å². The van der Waals surface area contributed by atoms with Crippen molar-refractivity contribution < 1.29 is 4.79 Å². The summed E-state index contributed by atoms with van der Waals surface area (Å²) in [5, 5.41) is 0. The number of carbonyl (C=O) groups is 1. The predicted molar refractivity (Wildman–Crippen MR) is 86.6 cm³/mol. The molecule has 0 aromatic heterocycles. The summed E-state index contributed by atoms with van der Waals surface area (Å²) in [7, 11) is 0. The zero-order chi connectivity index (χ0) is 15.2. The zero-order valence-electron chi connectivity index (χ0n) is 12.7. The highest BCUT2D eigenvalue weighted by molar-refractivity contribution is 5.82. The Hall–Kier alpha value is -1.73. The van der Waals surface area contributed by atoms with E-state index in [2.05, 4.69) is 45.6 Å². The number of amides is 1. The number of benzene rings is 1. The number of nitrogens with one attached hydrogen (secondary N) is 3. The lowest BCUT2D eigenvalue weighted by molar-refractivity contribution is -0.134. The first-order valence-corrected chi connectivity index (χ1v) is 7.79. The van der Waals surface area contributed by atoms with Gasteiger partial charge in [-0.3, -0.25) is 9.69 Å². The summed E-state index contributed by atoms with van der Waals surface area (Å²) in [6.45, 7) is 5.03. The number of hydrogen-bond acceptors (Lipinski definition) is 5. The summed E-state index contributed by atoms with van der Waals surface area (Å²) in [4.78, 5) is 16.6. The fraction of sp³-hybridized carbons (Fsp3) is 0.438. The number of nitrogens with zero attached hydrogens (tertiary/aromatic N) is 2. The van der Waals surface area contributed by atoms with Gasteiger partial charge < -0.3 is 4.90 Å². The van der Waals surface area contributed by atoms with Crippen LogP contribution in [0.15, 0.2) is 36.4 Å². The fourth-order valence-electron chi connectivity index (χ4n) is 2.76. The Labute approximate surface area is 131 Å². The van der Waals surface area contributed by atoms with Crippen molar-refractivity contribution in [1.29, 1.82) is 0 Å². The summed E-state index contributed by atoms with van der Waals surface area (Å²) in [5.41, 5.74) is 9.86. The highest BCUT2D eigenvalue weighted by atomic mass is 16.2. The Morgan fingerprint density at radius 1 is 1.18 bits per heavy atom. The zero-order valence-corrected chi connectivity index (χ0v) is 12.7. The third-order valence-corrected chi connectivity index (χ3v) is 4.10. The molecule has 0 saturated carbocycles. The average Bonchev–Trinajstić information content (AvgIpc) is 3.10. The third kappa shape index (κ3) is 3.92. The molecule has 2 saturated heterocycles. The molecular weight excluding hydrogens is 278 g/mol. The standard InChI is InChI=1S/C16H23N5O/c22-16(15-13-17-19-18-15)21-11-9-20(10-12-21)8-4-7-14-5-2-1-3-6-14/h1-7,15,17-19H,8-13H2/b7-4+. The molecule has 0 spiro atoms. The molecule has 2 heterocycles. The quantitative estimate of drug-likeness (QED) is 0.720. The van der Waals surface area contributed by atoms with E-state index in [0.717, 1.165) is 32.7 Å². The van der Waals surface area contributed by atoms with Crippen LogP contribution in [0.2, 0.25) is 0 Å². The molecule has 6 nitrogen and oxygen atoms in total. The van der Waals surface area contributed by atoms with Gasteiger partial charge in [0.25, 0.3) is 0 Å². The molecule has 22 heavy (non-hydrogen) atoms. The third-order valence-electron chi connectivity index (χ3n) is 4.10. The minimum atomic E-state index is -0.149. The van der Waals surface area contributed by atoms with E-state index in [1.54, 1.807) is 0 Å². The molecule has 1 aromatic carbocycles. The Morgan fingerprint density at radius 2 is 1.95 bits per heavy atom. The minimum absolute atomic E-state index is 0.149. The molecule has 3 rings (SSSR count). The van der Waals surface area contributed by atoms with Gasteiger partial charge in [0.2, 0.25) is 5.91 Å². The van der Waals surface area contributed by atoms with Crippen molar-refractivity contribution in [2.45, 2.75) is 6.04 Å². The Bertz CT molecular complexity index is 505. The van der Waals surface area contributed by atoms with Gasteiger partial charge in [-0.25, -0.2) is 10.9 Å². The van der Waals surface area contributed by atoms with Gasteiger partial charge in [-0.2, -0.15) is 5.53 Å². The van der Waals surface area contributed by atoms with Crippen LogP contribution in [0, 0.1) is 0 Å². The summed E-state index contributed by atoms with van der Waals surface area (Å²) in [6, 6.07) is 10.2. The Balaban J connectivity index is 1.42. The van der Waals surface area contributed by atoms with E-state index in [1.165, 1.54) is 5.56 Å². The largest absolute Gasteiger partial charge is 0.339 e. The van der Waals surface area contributed by atoms with Gasteiger partial charge in [-0.15, -0.1) is 0 Å². The lowest BCUT2D eigenvalue weighted by Crippen LogP contribution is -2.54. The molecule has 0 aliphatic carbocycles. The molecule has 2 fully saturated rings. The van der Waals surface area contributed by atoms with Crippen LogP contribution in [0.4, 0.5) is 0 Å². The van der Waals surface area contributed by atoms with Crippen molar-refractivity contribution in [3.05, 3.63) is 42.0 Å². The van der Waals surface area contributed by atoms with E-state index in [0.29, 0.717) is 6.54 Å². The molecular formula is C16H23N5O. The van der Waals surface area contributed by atoms with Crippen LogP contribution in [-0.2, 0) is 4.79 Å². The first-order valence-electron chi connectivity index (χ1n) is 7.79. The molecule has 118 valence electrons. The number of hydrazine groups is 2. The van der Waals surface area contributed by atoms with E-state index in [4.69, 9.17) is 0 Å². The molecule has 6 heteroatoms. The molecule has 1 aromatic rings. The first-order chi connectivity index (χ1) is 10.8. The molecule has 3 N–H and O–H groups in total. The second-order valence-electron chi connectivity index (χ2n) is 5.64. The second-order valence-corrected chi connectivity index (χ2v) is 5.64. The molecule has 1 unspecified atom stereocenters. The van der Waals surface area contributed by atoms with E-state index < -0.39 is 0 Å². The molecule has 1 atom stereocenters. The van der Waals surface area contributed by atoms with Gasteiger partial charge in [0.1, 0.15) is 6.04 Å². The maximum Gasteiger partial charge on any atom is 0.242 e. The smallest absolute Gasteiger partial charge is 0.242 e. The second kappa shape index (κ2) is 7.51. The maximum atomic E-state index is 12.3. The van der Waals surface area contributed by atoms with Gasteiger partial charge in [0.15, 0.2) is 0 Å². The van der Waals surface area contributed by atoms with Crippen LogP contribution in [0.1, 0.15) is 5.56 Å². The Kier molecular flexibility index (Phi) is 5.18.